The third-order valence-corrected chi connectivity index (χ3v) is 6.12. The number of nitrogens with zero attached hydrogens (tertiary/aromatic N) is 1. The summed E-state index contributed by atoms with van der Waals surface area (Å²) in [6.45, 7) is 4.83. The summed E-state index contributed by atoms with van der Waals surface area (Å²) in [5.74, 6) is 0.835. The first-order valence-corrected chi connectivity index (χ1v) is 11.3. The zero-order valence-electron chi connectivity index (χ0n) is 18.4. The molecule has 2 rings (SSSR count). The number of hydrogen-bond acceptors (Lipinski definition) is 6. The highest BCUT2D eigenvalue weighted by molar-refractivity contribution is 6.40. The van der Waals surface area contributed by atoms with Gasteiger partial charge in [-0.1, -0.05) is 49.6 Å². The van der Waals surface area contributed by atoms with E-state index < -0.39 is 7.12 Å². The van der Waals surface area contributed by atoms with Crippen LogP contribution in [0, 0.1) is 5.92 Å². The van der Waals surface area contributed by atoms with Crippen molar-refractivity contribution in [1.29, 1.82) is 0 Å². The highest BCUT2D eigenvalue weighted by atomic mass is 16.4. The molecule has 0 saturated carbocycles. The van der Waals surface area contributed by atoms with Crippen LogP contribution < -0.4 is 5.73 Å². The Bertz CT molecular complexity index is 574. The summed E-state index contributed by atoms with van der Waals surface area (Å²) >= 11 is 0. The summed E-state index contributed by atoms with van der Waals surface area (Å²) in [5.41, 5.74) is 7.69. The van der Waals surface area contributed by atoms with Crippen LogP contribution in [0.1, 0.15) is 63.9 Å². The lowest BCUT2D eigenvalue weighted by atomic mass is 9.83. The molecule has 0 aromatic heterocycles. The van der Waals surface area contributed by atoms with Gasteiger partial charge in [0.1, 0.15) is 0 Å². The average Bonchev–Trinajstić information content (AvgIpc) is 2.73. The second-order valence-corrected chi connectivity index (χ2v) is 8.56. The van der Waals surface area contributed by atoms with Gasteiger partial charge < -0.3 is 20.7 Å². The lowest BCUT2D eigenvalue weighted by Gasteiger charge is -2.36. The van der Waals surface area contributed by atoms with Gasteiger partial charge in [-0.25, -0.2) is 0 Å². The summed E-state index contributed by atoms with van der Waals surface area (Å²) in [6, 6.07) is 11.8. The second-order valence-electron chi connectivity index (χ2n) is 8.56. The summed E-state index contributed by atoms with van der Waals surface area (Å²) in [7, 11) is -1.17. The molecule has 1 aliphatic heterocycles. The number of piperidine rings is 1. The Balaban J connectivity index is 0.00000141. The quantitative estimate of drug-likeness (QED) is 0.356. The van der Waals surface area contributed by atoms with E-state index in [1.165, 1.54) is 50.8 Å². The molecule has 30 heavy (non-hydrogen) atoms. The number of hydrogen-bond donors (Lipinski definition) is 3. The molecule has 2 atom stereocenters. The molecule has 0 radical (unpaired) electrons. The minimum absolute atomic E-state index is 0.250. The average molecular weight is 418 g/mol. The molecule has 0 bridgehead atoms. The number of nitrogens with two attached hydrogens (primary N) is 1. The van der Waals surface area contributed by atoms with Crippen LogP contribution in [-0.4, -0.2) is 53.4 Å². The number of likely N-dealkylation sites (tertiary alicyclic amines) is 1. The second kappa shape index (κ2) is 16.2. The van der Waals surface area contributed by atoms with Crippen LogP contribution in [0.3, 0.4) is 0 Å². The number of benzene rings is 1. The third-order valence-electron chi connectivity index (χ3n) is 6.12. The maximum absolute atomic E-state index is 8.85. The maximum Gasteiger partial charge on any atom is 0.451 e. The van der Waals surface area contributed by atoms with Gasteiger partial charge in [-0.05, 0) is 76.3 Å². The van der Waals surface area contributed by atoms with Gasteiger partial charge in [0.05, 0.1) is 0 Å². The lowest BCUT2D eigenvalue weighted by molar-refractivity contribution is -0.191. The highest BCUT2D eigenvalue weighted by Crippen LogP contribution is 2.24. The van der Waals surface area contributed by atoms with E-state index in [4.69, 9.17) is 25.4 Å². The van der Waals surface area contributed by atoms with Crippen LogP contribution in [0.2, 0.25) is 6.32 Å². The van der Waals surface area contributed by atoms with Crippen LogP contribution in [-0.2, 0) is 16.0 Å². The third kappa shape index (κ3) is 12.3. The molecule has 1 saturated heterocycles. The fourth-order valence-corrected chi connectivity index (χ4v) is 4.28. The minimum atomic E-state index is -1.17. The molecule has 1 aliphatic rings. The van der Waals surface area contributed by atoms with E-state index in [9.17, 15) is 0 Å². The zero-order valence-corrected chi connectivity index (χ0v) is 18.4. The maximum atomic E-state index is 8.85. The summed E-state index contributed by atoms with van der Waals surface area (Å²) in [6.07, 6.45) is 10.9. The Hall–Kier alpha value is -1.50. The van der Waals surface area contributed by atoms with Crippen LogP contribution in [0.4, 0.5) is 0 Å². The van der Waals surface area contributed by atoms with E-state index in [2.05, 4.69) is 42.2 Å². The van der Waals surface area contributed by atoms with Gasteiger partial charge >= 0.3 is 13.3 Å². The smallest absolute Gasteiger partial charge is 0.427 e. The largest absolute Gasteiger partial charge is 0.451 e. The standard InChI is InChI=1S/C22H39BN2O2.CO2/c1-19(8-7-12-22(24)11-5-6-15-23(26)27)25-16-13-21(14-17-25)18-20-9-3-2-4-10-20;2-1-3/h2-4,9-10,19,21-22,26-27H,5-8,11-18,24H2,1H3;. The van der Waals surface area contributed by atoms with Gasteiger partial charge in [0.25, 0.3) is 0 Å². The van der Waals surface area contributed by atoms with Crippen molar-refractivity contribution in [3.05, 3.63) is 35.9 Å². The summed E-state index contributed by atoms with van der Waals surface area (Å²) in [5, 5.41) is 17.7. The van der Waals surface area contributed by atoms with Gasteiger partial charge in [0, 0.05) is 12.1 Å². The molecule has 4 N–H and O–H groups in total. The minimum Gasteiger partial charge on any atom is -0.427 e. The van der Waals surface area contributed by atoms with Crippen molar-refractivity contribution in [3.63, 3.8) is 0 Å². The van der Waals surface area contributed by atoms with Crippen LogP contribution in [0.25, 0.3) is 0 Å². The lowest BCUT2D eigenvalue weighted by Crippen LogP contribution is -2.40. The van der Waals surface area contributed by atoms with E-state index in [0.717, 1.165) is 31.6 Å². The summed E-state index contributed by atoms with van der Waals surface area (Å²) < 4.78 is 0. The van der Waals surface area contributed by atoms with E-state index in [1.807, 2.05) is 0 Å². The van der Waals surface area contributed by atoms with Gasteiger partial charge in [-0.3, -0.25) is 0 Å². The van der Waals surface area contributed by atoms with Crippen molar-refractivity contribution in [1.82, 2.24) is 4.90 Å². The molecule has 0 amide bonds. The number of carbonyl (C=O) groups excluding carboxylic acids is 2. The fraction of sp³-hybridized carbons (Fsp3) is 0.696. The molecule has 1 aromatic carbocycles. The fourth-order valence-electron chi connectivity index (χ4n) is 4.28. The molecule has 1 fully saturated rings. The normalized spacial score (nSPS) is 16.8. The topological polar surface area (TPSA) is 104 Å². The van der Waals surface area contributed by atoms with Crippen molar-refractivity contribution < 1.29 is 19.6 Å². The van der Waals surface area contributed by atoms with Gasteiger partial charge in [0.2, 0.25) is 0 Å². The van der Waals surface area contributed by atoms with Crippen molar-refractivity contribution >= 4 is 13.3 Å². The van der Waals surface area contributed by atoms with Crippen molar-refractivity contribution in [2.45, 2.75) is 83.1 Å². The van der Waals surface area contributed by atoms with Crippen LogP contribution in [0.5, 0.6) is 0 Å². The van der Waals surface area contributed by atoms with Crippen LogP contribution in [0.15, 0.2) is 30.3 Å². The van der Waals surface area contributed by atoms with Gasteiger partial charge in [-0.2, -0.15) is 9.59 Å². The Labute approximate surface area is 182 Å². The Morgan fingerprint density at radius 2 is 1.67 bits per heavy atom. The first kappa shape index (κ1) is 26.5. The van der Waals surface area contributed by atoms with E-state index in [0.29, 0.717) is 12.4 Å². The molecule has 1 heterocycles. The monoisotopic (exact) mass is 418 g/mol. The summed E-state index contributed by atoms with van der Waals surface area (Å²) in [4.78, 5) is 18.9. The Morgan fingerprint density at radius 3 is 2.27 bits per heavy atom. The van der Waals surface area contributed by atoms with Crippen molar-refractivity contribution in [2.75, 3.05) is 13.1 Å². The van der Waals surface area contributed by atoms with Gasteiger partial charge in [0.15, 0.2) is 0 Å². The molecule has 6 nitrogen and oxygen atoms in total. The van der Waals surface area contributed by atoms with Crippen LogP contribution >= 0.6 is 0 Å². The predicted molar refractivity (Wildman–Crippen MR) is 120 cm³/mol. The molecule has 0 aliphatic carbocycles. The zero-order chi connectivity index (χ0) is 22.2. The van der Waals surface area contributed by atoms with E-state index >= 15 is 0 Å². The first-order valence-electron chi connectivity index (χ1n) is 11.3. The number of rotatable bonds is 12. The Kier molecular flexibility index (Phi) is 14.4. The predicted octanol–water partition coefficient (Wildman–Crippen LogP) is 2.89. The number of unbranched alkanes of at least 4 members (excludes halogenated alkanes) is 1. The molecular formula is C23H39BN2O4. The molecule has 2 unspecified atom stereocenters. The SMILES string of the molecule is CC(CCCC(N)CCCCB(O)O)N1CCC(Cc2ccccc2)CC1.O=C=O. The highest BCUT2D eigenvalue weighted by Gasteiger charge is 2.22. The molecule has 7 heteroatoms. The van der Waals surface area contributed by atoms with Crippen molar-refractivity contribution in [3.8, 4) is 0 Å². The first-order chi connectivity index (χ1) is 14.5. The molecule has 1 aromatic rings. The molecular weight excluding hydrogens is 379 g/mol. The van der Waals surface area contributed by atoms with E-state index in [-0.39, 0.29) is 12.2 Å². The van der Waals surface area contributed by atoms with Gasteiger partial charge in [-0.15, -0.1) is 0 Å². The molecule has 168 valence electrons. The Morgan fingerprint density at radius 1 is 1.07 bits per heavy atom. The van der Waals surface area contributed by atoms with E-state index in [1.54, 1.807) is 0 Å². The molecule has 0 spiro atoms. The van der Waals surface area contributed by atoms with Crippen molar-refractivity contribution in [2.24, 2.45) is 11.7 Å².